The number of hydrogen-bond donors (Lipinski definition) is 4. The average Bonchev–Trinajstić information content (AvgIpc) is 3.48. The van der Waals surface area contributed by atoms with Crippen LogP contribution in [-0.2, 0) is 48.0 Å². The molecular formula is C25H30N7O10S2+. The number of nitrogens with two attached hydrogens (primary N) is 1. The van der Waals surface area contributed by atoms with Gasteiger partial charge in [0, 0.05) is 16.5 Å². The number of ether oxygens (including phenoxy) is 1. The number of carboxylic acid groups (broad SMARTS) is 1. The quantitative estimate of drug-likeness (QED) is 0.0664. The summed E-state index contributed by atoms with van der Waals surface area (Å²) >= 11 is 0.963. The third kappa shape index (κ3) is 6.80. The first-order valence-electron chi connectivity index (χ1n) is 12.7. The van der Waals surface area contributed by atoms with E-state index in [0.717, 1.165) is 28.2 Å². The Morgan fingerprint density at radius 3 is 2.45 bits per heavy atom. The fourth-order valence-corrected chi connectivity index (χ4v) is 5.42. The summed E-state index contributed by atoms with van der Waals surface area (Å²) < 4.78 is 44.9. The van der Waals surface area contributed by atoms with Crippen molar-refractivity contribution in [2.75, 3.05) is 12.3 Å². The van der Waals surface area contributed by atoms with Crippen LogP contribution in [0.4, 0.5) is 5.13 Å². The molecule has 2 aromatic heterocycles. The average molecular weight is 653 g/mol. The summed E-state index contributed by atoms with van der Waals surface area (Å²) in [4.78, 5) is 46.7. The van der Waals surface area contributed by atoms with E-state index >= 15 is 0 Å². The van der Waals surface area contributed by atoms with Gasteiger partial charge in [-0.3, -0.25) is 14.1 Å². The van der Waals surface area contributed by atoms with Crippen LogP contribution in [0.3, 0.4) is 0 Å². The summed E-state index contributed by atoms with van der Waals surface area (Å²) in [6.45, 7) is 4.23. The predicted octanol–water partition coefficient (Wildman–Crippen LogP) is -0.0434. The Balaban J connectivity index is 1.48. The van der Waals surface area contributed by atoms with E-state index in [2.05, 4.69) is 19.7 Å². The first-order valence-corrected chi connectivity index (χ1v) is 15.0. The van der Waals surface area contributed by atoms with Crippen LogP contribution in [0.2, 0.25) is 0 Å². The molecule has 3 heterocycles. The largest absolute Gasteiger partial charge is 0.489 e. The van der Waals surface area contributed by atoms with Crippen molar-refractivity contribution < 1.29 is 51.0 Å². The van der Waals surface area contributed by atoms with E-state index in [1.165, 1.54) is 19.2 Å². The molecule has 4 rings (SSSR count). The number of anilines is 1. The van der Waals surface area contributed by atoms with E-state index in [0.29, 0.717) is 10.8 Å². The van der Waals surface area contributed by atoms with Crippen molar-refractivity contribution in [2.24, 2.45) is 19.3 Å². The lowest BCUT2D eigenvalue weighted by molar-refractivity contribution is -0.750. The first kappa shape index (κ1) is 32.3. The van der Waals surface area contributed by atoms with Crippen molar-refractivity contribution in [3.8, 4) is 17.0 Å². The predicted molar refractivity (Wildman–Crippen MR) is 153 cm³/mol. The number of carboxylic acids is 1. The van der Waals surface area contributed by atoms with Crippen LogP contribution in [0.15, 0.2) is 41.0 Å². The molecule has 0 radical (unpaired) electrons. The van der Waals surface area contributed by atoms with E-state index < -0.39 is 58.2 Å². The van der Waals surface area contributed by atoms with Crippen molar-refractivity contribution in [3.63, 3.8) is 0 Å². The number of oxime groups is 1. The molecule has 17 nitrogen and oxygen atoms in total. The molecule has 1 aromatic carbocycles. The van der Waals surface area contributed by atoms with Gasteiger partial charge in [0.25, 0.3) is 17.9 Å². The second kappa shape index (κ2) is 12.2. The molecule has 3 aromatic rings. The standard InChI is InChI=1S/C25H29N7O10S2/c1-13-10-30(4)31(5)19(13)14-6-8-15(9-7-14)40-11-17(23(35)36)41-29-18(16-12-43-24(26)27-16)21(33)28-20-22(34)32(25(20,2)3)42-44(37,38)39/h6-10,12,17,20H,11H2,1-5H3,(H4-,26,27,28,33,35,36,37,38,39)/p+1/b29-18-/t17-,20+/m0/s1. The van der Waals surface area contributed by atoms with Crippen LogP contribution in [-0.4, -0.2) is 80.6 Å². The monoisotopic (exact) mass is 652 g/mol. The number of carbonyl (C=O) groups excluding carboxylic acids is 2. The fraction of sp³-hybridized carbons (Fsp3) is 0.360. The molecule has 0 unspecified atom stereocenters. The van der Waals surface area contributed by atoms with Crippen molar-refractivity contribution >= 4 is 50.4 Å². The van der Waals surface area contributed by atoms with Crippen molar-refractivity contribution in [1.29, 1.82) is 0 Å². The highest BCUT2D eigenvalue weighted by molar-refractivity contribution is 7.80. The van der Waals surface area contributed by atoms with Crippen LogP contribution >= 0.6 is 11.3 Å². The molecular weight excluding hydrogens is 622 g/mol. The molecule has 1 aliphatic rings. The number of aryl methyl sites for hydroxylation is 2. The number of nitrogen functional groups attached to an aromatic ring is 1. The minimum Gasteiger partial charge on any atom is -0.489 e. The number of nitrogens with zero attached hydrogens (tertiary/aromatic N) is 5. The van der Waals surface area contributed by atoms with Crippen LogP contribution in [0.5, 0.6) is 5.75 Å². The zero-order valence-electron chi connectivity index (χ0n) is 24.1. The summed E-state index contributed by atoms with van der Waals surface area (Å²) in [5, 5.41) is 17.6. The number of β-lactam (4-membered cyclic amide) rings is 1. The van der Waals surface area contributed by atoms with Crippen molar-refractivity contribution in [1.82, 2.24) is 20.0 Å². The summed E-state index contributed by atoms with van der Waals surface area (Å²) in [7, 11) is -1.16. The second-order valence-corrected chi connectivity index (χ2v) is 12.1. The molecule has 1 aliphatic heterocycles. The van der Waals surface area contributed by atoms with Gasteiger partial charge in [0.1, 0.15) is 29.8 Å². The van der Waals surface area contributed by atoms with Crippen LogP contribution in [0, 0.1) is 6.92 Å². The number of rotatable bonds is 12. The zero-order chi connectivity index (χ0) is 32.6. The first-order chi connectivity index (χ1) is 20.5. The molecule has 0 spiro atoms. The molecule has 2 atom stereocenters. The number of aromatic nitrogens is 3. The molecule has 19 heteroatoms. The molecule has 5 N–H and O–H groups in total. The lowest BCUT2D eigenvalue weighted by Crippen LogP contribution is -2.76. The second-order valence-electron chi connectivity index (χ2n) is 10.2. The number of thiazole rings is 1. The van der Waals surface area contributed by atoms with Crippen molar-refractivity contribution in [2.45, 2.75) is 38.5 Å². The van der Waals surface area contributed by atoms with Gasteiger partial charge >= 0.3 is 16.4 Å². The Bertz CT molecular complexity index is 1730. The van der Waals surface area contributed by atoms with Gasteiger partial charge in [-0.25, -0.2) is 9.78 Å². The van der Waals surface area contributed by atoms with Gasteiger partial charge in [0.05, 0.1) is 12.6 Å². The van der Waals surface area contributed by atoms with Gasteiger partial charge in [-0.2, -0.15) is 18.2 Å². The molecule has 0 bridgehead atoms. The number of aliphatic carboxylic acids is 1. The molecule has 44 heavy (non-hydrogen) atoms. The minimum absolute atomic E-state index is 0.0640. The third-order valence-corrected chi connectivity index (χ3v) is 7.74. The van der Waals surface area contributed by atoms with Crippen LogP contribution in [0.25, 0.3) is 11.3 Å². The van der Waals surface area contributed by atoms with Gasteiger partial charge in [-0.05, 0) is 45.0 Å². The Labute approximate surface area is 255 Å². The summed E-state index contributed by atoms with van der Waals surface area (Å²) in [6.07, 6.45) is 0.324. The number of hydrogen-bond acceptors (Lipinski definition) is 12. The van der Waals surface area contributed by atoms with Crippen LogP contribution in [0.1, 0.15) is 25.1 Å². The number of amides is 2. The van der Waals surface area contributed by atoms with E-state index in [1.54, 1.807) is 12.1 Å². The number of benzene rings is 1. The van der Waals surface area contributed by atoms with Crippen molar-refractivity contribution in [3.05, 3.63) is 47.1 Å². The smallest absolute Gasteiger partial charge is 0.418 e. The molecule has 0 saturated carbocycles. The number of nitrogens with one attached hydrogen (secondary N) is 1. The van der Waals surface area contributed by atoms with Gasteiger partial charge < -0.3 is 25.7 Å². The lowest BCUT2D eigenvalue weighted by atomic mass is 9.84. The van der Waals surface area contributed by atoms with E-state index in [4.69, 9.17) is 19.9 Å². The molecule has 2 amide bonds. The third-order valence-electron chi connectivity index (χ3n) is 6.73. The highest BCUT2D eigenvalue weighted by Gasteiger charge is 2.58. The Hall–Kier alpha value is -4.59. The van der Waals surface area contributed by atoms with E-state index in [9.17, 15) is 27.9 Å². The molecule has 1 saturated heterocycles. The maximum atomic E-state index is 13.2. The Kier molecular flexibility index (Phi) is 8.95. The SMILES string of the molecule is Cc1c[n+](C)n(C)c1-c1ccc(OC[C@H](O/N=C(\C(=O)N[C@@H]2C(=O)N(OS(=O)(=O)O)C2(C)C)c2csc(N)n2)C(=O)O)cc1. The van der Waals surface area contributed by atoms with E-state index in [-0.39, 0.29) is 10.8 Å². The van der Waals surface area contributed by atoms with Gasteiger partial charge in [-0.1, -0.05) is 5.16 Å². The van der Waals surface area contributed by atoms with Crippen LogP contribution < -0.4 is 20.5 Å². The molecule has 0 aliphatic carbocycles. The summed E-state index contributed by atoms with van der Waals surface area (Å²) in [5.74, 6) is -3.09. The highest BCUT2D eigenvalue weighted by atomic mass is 32.3. The number of carbonyl (C=O) groups is 3. The molecule has 1 fully saturated rings. The maximum Gasteiger partial charge on any atom is 0.418 e. The normalized spacial score (nSPS) is 17.1. The minimum atomic E-state index is -5.01. The number of hydroxylamine groups is 2. The Morgan fingerprint density at radius 2 is 1.95 bits per heavy atom. The topological polar surface area (TPSA) is 229 Å². The van der Waals surface area contributed by atoms with Gasteiger partial charge in [0.15, 0.2) is 24.1 Å². The molecule has 236 valence electrons. The summed E-state index contributed by atoms with van der Waals surface area (Å²) in [5.41, 5.74) is 6.66. The summed E-state index contributed by atoms with van der Waals surface area (Å²) in [6, 6.07) is 5.68. The maximum absolute atomic E-state index is 13.2. The Morgan fingerprint density at radius 1 is 1.30 bits per heavy atom. The zero-order valence-corrected chi connectivity index (χ0v) is 25.7. The fourth-order valence-electron chi connectivity index (χ4n) is 4.42. The van der Waals surface area contributed by atoms with E-state index in [1.807, 2.05) is 48.7 Å². The van der Waals surface area contributed by atoms with Gasteiger partial charge in [-0.15, -0.1) is 20.3 Å². The van der Waals surface area contributed by atoms with Gasteiger partial charge in [0.2, 0.25) is 0 Å². The lowest BCUT2D eigenvalue weighted by Gasteiger charge is -2.50. The highest BCUT2D eigenvalue weighted by Crippen LogP contribution is 2.33.